The van der Waals surface area contributed by atoms with Crippen LogP contribution in [0.4, 0.5) is 18.9 Å². The van der Waals surface area contributed by atoms with Crippen LogP contribution >= 0.6 is 0 Å². The Morgan fingerprint density at radius 2 is 2.10 bits per heavy atom. The minimum Gasteiger partial charge on any atom is -0.366 e. The zero-order chi connectivity index (χ0) is 15.6. The van der Waals surface area contributed by atoms with Crippen molar-refractivity contribution in [3.05, 3.63) is 29.3 Å². The summed E-state index contributed by atoms with van der Waals surface area (Å²) in [6.07, 6.45) is -3.66. The number of carbonyl (C=O) groups is 1. The summed E-state index contributed by atoms with van der Waals surface area (Å²) in [6, 6.07) is 3.36. The molecule has 1 fully saturated rings. The zero-order valence-corrected chi connectivity index (χ0v) is 11.7. The first-order valence-corrected chi connectivity index (χ1v) is 6.83. The van der Waals surface area contributed by atoms with Gasteiger partial charge >= 0.3 is 6.18 Å². The Labute approximate surface area is 121 Å². The molecule has 0 radical (unpaired) electrons. The van der Waals surface area contributed by atoms with Crippen LogP contribution in [0.3, 0.4) is 0 Å². The Bertz CT molecular complexity index is 527. The Kier molecular flexibility index (Phi) is 4.41. The molecule has 0 aromatic heterocycles. The van der Waals surface area contributed by atoms with E-state index in [-0.39, 0.29) is 11.6 Å². The number of nitrogens with zero attached hydrogens (tertiary/aromatic N) is 1. The van der Waals surface area contributed by atoms with Crippen molar-refractivity contribution in [1.29, 1.82) is 0 Å². The number of nitrogens with two attached hydrogens (primary N) is 1. The topological polar surface area (TPSA) is 58.4 Å². The van der Waals surface area contributed by atoms with E-state index in [1.807, 2.05) is 11.8 Å². The van der Waals surface area contributed by atoms with Crippen molar-refractivity contribution in [3.63, 3.8) is 0 Å². The van der Waals surface area contributed by atoms with Crippen LogP contribution in [0.1, 0.15) is 29.3 Å². The summed E-state index contributed by atoms with van der Waals surface area (Å²) in [4.78, 5) is 13.5. The van der Waals surface area contributed by atoms with Crippen molar-refractivity contribution >= 4 is 11.6 Å². The Morgan fingerprint density at radius 3 is 2.52 bits per heavy atom. The van der Waals surface area contributed by atoms with Crippen molar-refractivity contribution in [1.82, 2.24) is 5.32 Å². The Hall–Kier alpha value is -1.76. The molecule has 4 nitrogen and oxygen atoms in total. The van der Waals surface area contributed by atoms with Gasteiger partial charge in [-0.15, -0.1) is 0 Å². The van der Waals surface area contributed by atoms with Gasteiger partial charge in [0.15, 0.2) is 0 Å². The smallest absolute Gasteiger partial charge is 0.366 e. The Balaban J connectivity index is 2.43. The number of nitrogens with one attached hydrogen (secondary N) is 1. The van der Waals surface area contributed by atoms with Gasteiger partial charge in [0.1, 0.15) is 0 Å². The van der Waals surface area contributed by atoms with E-state index >= 15 is 0 Å². The fourth-order valence-corrected chi connectivity index (χ4v) is 2.39. The first-order valence-electron chi connectivity index (χ1n) is 6.83. The lowest BCUT2D eigenvalue weighted by molar-refractivity contribution is -0.137. The number of alkyl halides is 3. The van der Waals surface area contributed by atoms with Gasteiger partial charge in [0, 0.05) is 25.3 Å². The molecular formula is C14H18F3N3O. The molecule has 0 aliphatic carbocycles. The van der Waals surface area contributed by atoms with Crippen LogP contribution in [-0.4, -0.2) is 31.6 Å². The lowest BCUT2D eigenvalue weighted by atomic mass is 10.0. The molecule has 0 unspecified atom stereocenters. The van der Waals surface area contributed by atoms with Gasteiger partial charge in [-0.05, 0) is 24.6 Å². The van der Waals surface area contributed by atoms with Crippen LogP contribution in [0.25, 0.3) is 0 Å². The molecule has 1 amide bonds. The molecule has 1 aromatic rings. The fraction of sp³-hybridized carbons (Fsp3) is 0.500. The highest BCUT2D eigenvalue weighted by molar-refractivity contribution is 5.99. The molecule has 1 heterocycles. The van der Waals surface area contributed by atoms with E-state index in [4.69, 9.17) is 5.73 Å². The maximum atomic E-state index is 12.8. The highest BCUT2D eigenvalue weighted by Crippen LogP contribution is 2.33. The highest BCUT2D eigenvalue weighted by Gasteiger charge is 2.33. The molecule has 0 spiro atoms. The van der Waals surface area contributed by atoms with E-state index < -0.39 is 17.6 Å². The zero-order valence-electron chi connectivity index (χ0n) is 11.7. The summed E-state index contributed by atoms with van der Waals surface area (Å²) in [5.74, 6) is -0.843. The van der Waals surface area contributed by atoms with E-state index in [9.17, 15) is 18.0 Å². The van der Waals surface area contributed by atoms with Crippen molar-refractivity contribution in [2.45, 2.75) is 25.6 Å². The molecule has 0 bridgehead atoms. The summed E-state index contributed by atoms with van der Waals surface area (Å²) >= 11 is 0. The van der Waals surface area contributed by atoms with E-state index in [2.05, 4.69) is 5.32 Å². The van der Waals surface area contributed by atoms with Crippen LogP contribution in [-0.2, 0) is 6.18 Å². The predicted octanol–water partition coefficient (Wildman–Crippen LogP) is 1.99. The third-order valence-electron chi connectivity index (χ3n) is 3.56. The summed E-state index contributed by atoms with van der Waals surface area (Å²) in [6.45, 7) is 4.14. The average molecular weight is 301 g/mol. The summed E-state index contributed by atoms with van der Waals surface area (Å²) in [5.41, 5.74) is 4.81. The molecule has 21 heavy (non-hydrogen) atoms. The second-order valence-electron chi connectivity index (χ2n) is 5.10. The molecule has 0 saturated carbocycles. The maximum absolute atomic E-state index is 12.8. The van der Waals surface area contributed by atoms with E-state index in [1.54, 1.807) is 0 Å². The molecule has 2 rings (SSSR count). The number of hydrogen-bond donors (Lipinski definition) is 2. The van der Waals surface area contributed by atoms with E-state index in [1.165, 1.54) is 6.07 Å². The molecular weight excluding hydrogens is 283 g/mol. The summed E-state index contributed by atoms with van der Waals surface area (Å²) < 4.78 is 38.3. The van der Waals surface area contributed by atoms with Crippen molar-refractivity contribution in [2.75, 3.05) is 24.5 Å². The van der Waals surface area contributed by atoms with Crippen LogP contribution < -0.4 is 16.0 Å². The quantitative estimate of drug-likeness (QED) is 0.874. The van der Waals surface area contributed by atoms with Crippen LogP contribution in [0.15, 0.2) is 18.2 Å². The number of amides is 1. The highest BCUT2D eigenvalue weighted by atomic mass is 19.4. The molecule has 3 N–H and O–H groups in total. The van der Waals surface area contributed by atoms with Gasteiger partial charge in [-0.25, -0.2) is 0 Å². The number of carbonyl (C=O) groups excluding carboxylic acids is 1. The third kappa shape index (κ3) is 3.29. The Morgan fingerprint density at radius 1 is 1.43 bits per heavy atom. The van der Waals surface area contributed by atoms with Crippen molar-refractivity contribution < 1.29 is 18.0 Å². The van der Waals surface area contributed by atoms with E-state index in [0.29, 0.717) is 12.2 Å². The number of rotatable bonds is 5. The normalized spacial score (nSPS) is 15.6. The minimum absolute atomic E-state index is 0.0785. The number of benzene rings is 1. The van der Waals surface area contributed by atoms with Crippen molar-refractivity contribution in [3.8, 4) is 0 Å². The molecule has 0 atom stereocenters. The molecule has 1 saturated heterocycles. The van der Waals surface area contributed by atoms with Crippen molar-refractivity contribution in [2.24, 2.45) is 5.73 Å². The van der Waals surface area contributed by atoms with Gasteiger partial charge in [0.2, 0.25) is 0 Å². The summed E-state index contributed by atoms with van der Waals surface area (Å²) in [5, 5.41) is 3.12. The van der Waals surface area contributed by atoms with Gasteiger partial charge < -0.3 is 16.0 Å². The van der Waals surface area contributed by atoms with E-state index in [0.717, 1.165) is 31.6 Å². The molecule has 7 heteroatoms. The van der Waals surface area contributed by atoms with Crippen LogP contribution in [0.2, 0.25) is 0 Å². The average Bonchev–Trinajstić information content (AvgIpc) is 2.34. The minimum atomic E-state index is -4.49. The van der Waals surface area contributed by atoms with Crippen LogP contribution in [0.5, 0.6) is 0 Å². The maximum Gasteiger partial charge on any atom is 0.416 e. The van der Waals surface area contributed by atoms with Gasteiger partial charge in [-0.2, -0.15) is 13.2 Å². The van der Waals surface area contributed by atoms with Gasteiger partial charge in [-0.1, -0.05) is 6.92 Å². The SMILES string of the molecule is CCCN(c1ccc(C(F)(F)F)cc1C(N)=O)C1CNC1. The number of primary amides is 1. The number of hydrogen-bond acceptors (Lipinski definition) is 3. The van der Waals surface area contributed by atoms with Crippen LogP contribution in [0, 0.1) is 0 Å². The predicted molar refractivity (Wildman–Crippen MR) is 74.3 cm³/mol. The monoisotopic (exact) mass is 301 g/mol. The molecule has 1 aliphatic heterocycles. The third-order valence-corrected chi connectivity index (χ3v) is 3.56. The number of halogens is 3. The number of anilines is 1. The molecule has 1 aliphatic rings. The second kappa shape index (κ2) is 5.93. The van der Waals surface area contributed by atoms with Gasteiger partial charge in [0.05, 0.1) is 17.2 Å². The molecule has 116 valence electrons. The second-order valence-corrected chi connectivity index (χ2v) is 5.10. The lowest BCUT2D eigenvalue weighted by Gasteiger charge is -2.40. The largest absolute Gasteiger partial charge is 0.416 e. The van der Waals surface area contributed by atoms with Gasteiger partial charge in [0.25, 0.3) is 5.91 Å². The van der Waals surface area contributed by atoms with Gasteiger partial charge in [-0.3, -0.25) is 4.79 Å². The summed E-state index contributed by atoms with van der Waals surface area (Å²) in [7, 11) is 0. The lowest BCUT2D eigenvalue weighted by Crippen LogP contribution is -2.58. The molecule has 1 aromatic carbocycles. The fourth-order valence-electron chi connectivity index (χ4n) is 2.39. The standard InChI is InChI=1S/C14H18F3N3O/c1-2-5-20(10-7-19-8-10)12-4-3-9(14(15,16)17)6-11(12)13(18)21/h3-4,6,10,19H,2,5,7-8H2,1H3,(H2,18,21). The first-order chi connectivity index (χ1) is 9.84. The first kappa shape index (κ1) is 15.6.